The second-order valence-electron chi connectivity index (χ2n) is 9.54. The number of rotatable bonds is 7. The number of likely N-dealkylation sites (N-methyl/N-ethyl adjacent to an activating group) is 1. The van der Waals surface area contributed by atoms with E-state index in [1.165, 1.54) is 4.90 Å². The number of para-hydroxylation sites is 1. The molecular weight excluding hydrogens is 430 g/mol. The van der Waals surface area contributed by atoms with Crippen molar-refractivity contribution in [3.63, 3.8) is 0 Å². The predicted octanol–water partition coefficient (Wildman–Crippen LogP) is 4.97. The first-order valence-electron chi connectivity index (χ1n) is 11.5. The van der Waals surface area contributed by atoms with Crippen molar-refractivity contribution in [2.75, 3.05) is 18.4 Å². The highest BCUT2D eigenvalue weighted by atomic mass is 16.6. The number of nitrogens with zero attached hydrogens (tertiary/aromatic N) is 1. The predicted molar refractivity (Wildman–Crippen MR) is 135 cm³/mol. The van der Waals surface area contributed by atoms with E-state index in [1.807, 2.05) is 71.0 Å². The van der Waals surface area contributed by atoms with Gasteiger partial charge in [0.15, 0.2) is 0 Å². The van der Waals surface area contributed by atoms with Gasteiger partial charge in [0.05, 0.1) is 0 Å². The molecule has 7 heteroatoms. The molecule has 0 heterocycles. The molecule has 2 N–H and O–H groups in total. The molecule has 0 spiro atoms. The van der Waals surface area contributed by atoms with Crippen LogP contribution in [0.5, 0.6) is 0 Å². The number of nitrogens with one attached hydrogen (secondary N) is 2. The molecule has 3 amide bonds. The Morgan fingerprint density at radius 1 is 0.941 bits per heavy atom. The molecule has 1 atom stereocenters. The molecule has 7 nitrogen and oxygen atoms in total. The Balaban J connectivity index is 2.36. The fourth-order valence-corrected chi connectivity index (χ4v) is 3.68. The Morgan fingerprint density at radius 2 is 1.56 bits per heavy atom. The molecule has 184 valence electrons. The average Bonchev–Trinajstić information content (AvgIpc) is 2.73. The normalized spacial score (nSPS) is 12.0. The van der Waals surface area contributed by atoms with Gasteiger partial charge in [0.2, 0.25) is 5.91 Å². The van der Waals surface area contributed by atoms with Gasteiger partial charge in [-0.3, -0.25) is 9.59 Å². The van der Waals surface area contributed by atoms with Crippen LogP contribution in [0.3, 0.4) is 0 Å². The fraction of sp³-hybridized carbons (Fsp3) is 0.444. The molecule has 34 heavy (non-hydrogen) atoms. The zero-order valence-electron chi connectivity index (χ0n) is 21.5. The number of amides is 3. The third-order valence-electron chi connectivity index (χ3n) is 5.58. The van der Waals surface area contributed by atoms with Crippen molar-refractivity contribution in [3.8, 4) is 0 Å². The van der Waals surface area contributed by atoms with Gasteiger partial charge in [-0.25, -0.2) is 4.79 Å². The van der Waals surface area contributed by atoms with Gasteiger partial charge in [0, 0.05) is 12.2 Å². The van der Waals surface area contributed by atoms with Gasteiger partial charge in [-0.05, 0) is 83.2 Å². The quantitative estimate of drug-likeness (QED) is 0.602. The second-order valence-corrected chi connectivity index (χ2v) is 9.54. The summed E-state index contributed by atoms with van der Waals surface area (Å²) < 4.78 is 5.23. The first-order chi connectivity index (χ1) is 15.8. The highest BCUT2D eigenvalue weighted by Gasteiger charge is 2.31. The van der Waals surface area contributed by atoms with Gasteiger partial charge in [0.25, 0.3) is 5.91 Å². The lowest BCUT2D eigenvalue weighted by Gasteiger charge is -2.31. The Hall–Kier alpha value is -3.35. The van der Waals surface area contributed by atoms with E-state index in [0.717, 1.165) is 27.9 Å². The van der Waals surface area contributed by atoms with Crippen LogP contribution in [0.1, 0.15) is 61.6 Å². The van der Waals surface area contributed by atoms with Crippen molar-refractivity contribution in [2.45, 2.75) is 67.0 Å². The SMILES string of the molecule is CCN(C(=O)CNC(=O)OC(C)(C)C)C(C(=O)Nc1c(C)cccc1C)c1ccc(C)c(C)c1. The van der Waals surface area contributed by atoms with Gasteiger partial charge in [-0.1, -0.05) is 36.4 Å². The number of aryl methyl sites for hydroxylation is 4. The molecule has 0 aliphatic rings. The third kappa shape index (κ3) is 7.07. The van der Waals surface area contributed by atoms with Crippen LogP contribution in [0.2, 0.25) is 0 Å². The van der Waals surface area contributed by atoms with E-state index in [4.69, 9.17) is 4.74 Å². The second kappa shape index (κ2) is 11.2. The zero-order chi connectivity index (χ0) is 25.6. The van der Waals surface area contributed by atoms with Gasteiger partial charge in [-0.15, -0.1) is 0 Å². The van der Waals surface area contributed by atoms with Crippen LogP contribution in [0.15, 0.2) is 36.4 Å². The molecule has 2 rings (SSSR count). The fourth-order valence-electron chi connectivity index (χ4n) is 3.68. The summed E-state index contributed by atoms with van der Waals surface area (Å²) in [4.78, 5) is 40.3. The van der Waals surface area contributed by atoms with Crippen LogP contribution in [0.4, 0.5) is 10.5 Å². The molecule has 1 unspecified atom stereocenters. The summed E-state index contributed by atoms with van der Waals surface area (Å²) in [6.07, 6.45) is -0.681. The van der Waals surface area contributed by atoms with Crippen LogP contribution < -0.4 is 10.6 Å². The largest absolute Gasteiger partial charge is 0.444 e. The van der Waals surface area contributed by atoms with Crippen LogP contribution in [-0.2, 0) is 14.3 Å². The lowest BCUT2D eigenvalue weighted by molar-refractivity contribution is -0.138. The van der Waals surface area contributed by atoms with Gasteiger partial charge in [0.1, 0.15) is 18.2 Å². The third-order valence-corrected chi connectivity index (χ3v) is 5.58. The van der Waals surface area contributed by atoms with Crippen LogP contribution in [-0.4, -0.2) is 41.5 Å². The van der Waals surface area contributed by atoms with E-state index in [9.17, 15) is 14.4 Å². The minimum atomic E-state index is -0.865. The zero-order valence-corrected chi connectivity index (χ0v) is 21.5. The number of benzene rings is 2. The molecule has 0 radical (unpaired) electrons. The van der Waals surface area contributed by atoms with E-state index in [0.29, 0.717) is 5.56 Å². The minimum Gasteiger partial charge on any atom is -0.444 e. The molecule has 0 saturated carbocycles. The highest BCUT2D eigenvalue weighted by Crippen LogP contribution is 2.27. The maximum absolute atomic E-state index is 13.6. The summed E-state index contributed by atoms with van der Waals surface area (Å²) in [5, 5.41) is 5.54. The lowest BCUT2D eigenvalue weighted by atomic mass is 9.98. The summed E-state index contributed by atoms with van der Waals surface area (Å²) in [6, 6.07) is 10.7. The number of ether oxygens (including phenoxy) is 1. The maximum Gasteiger partial charge on any atom is 0.408 e. The number of hydrogen-bond acceptors (Lipinski definition) is 4. The van der Waals surface area contributed by atoms with E-state index >= 15 is 0 Å². The van der Waals surface area contributed by atoms with Crippen molar-refractivity contribution < 1.29 is 19.1 Å². The molecule has 0 aliphatic carbocycles. The average molecular weight is 468 g/mol. The van der Waals surface area contributed by atoms with Crippen LogP contribution >= 0.6 is 0 Å². The van der Waals surface area contributed by atoms with E-state index in [-0.39, 0.29) is 24.9 Å². The number of carbonyl (C=O) groups excluding carboxylic acids is 3. The smallest absolute Gasteiger partial charge is 0.408 e. The lowest BCUT2D eigenvalue weighted by Crippen LogP contribution is -2.46. The minimum absolute atomic E-state index is 0.277. The van der Waals surface area contributed by atoms with E-state index in [1.54, 1.807) is 20.8 Å². The topological polar surface area (TPSA) is 87.7 Å². The highest BCUT2D eigenvalue weighted by molar-refractivity contribution is 5.99. The molecule has 2 aromatic carbocycles. The monoisotopic (exact) mass is 467 g/mol. The van der Waals surface area contributed by atoms with Gasteiger partial charge in [-0.2, -0.15) is 0 Å². The Morgan fingerprint density at radius 3 is 2.09 bits per heavy atom. The molecule has 2 aromatic rings. The molecule has 0 fully saturated rings. The number of alkyl carbamates (subject to hydrolysis) is 1. The number of anilines is 1. The first kappa shape index (κ1) is 26.9. The Labute approximate surface area is 202 Å². The number of carbonyl (C=O) groups is 3. The summed E-state index contributed by atoms with van der Waals surface area (Å²) >= 11 is 0. The van der Waals surface area contributed by atoms with Crippen LogP contribution in [0.25, 0.3) is 0 Å². The van der Waals surface area contributed by atoms with E-state index < -0.39 is 17.7 Å². The number of hydrogen-bond donors (Lipinski definition) is 2. The summed E-state index contributed by atoms with van der Waals surface area (Å²) in [5.41, 5.74) is 4.76. The van der Waals surface area contributed by atoms with Crippen molar-refractivity contribution >= 4 is 23.6 Å². The van der Waals surface area contributed by atoms with Crippen molar-refractivity contribution in [3.05, 3.63) is 64.2 Å². The Bertz CT molecular complexity index is 1040. The molecular formula is C27H37N3O4. The molecule has 0 aliphatic heterocycles. The van der Waals surface area contributed by atoms with Crippen molar-refractivity contribution in [2.24, 2.45) is 0 Å². The molecule has 0 saturated heterocycles. The van der Waals surface area contributed by atoms with E-state index in [2.05, 4.69) is 10.6 Å². The maximum atomic E-state index is 13.6. The summed E-state index contributed by atoms with van der Waals surface area (Å²) in [6.45, 7) is 14.9. The molecule has 0 bridgehead atoms. The van der Waals surface area contributed by atoms with Gasteiger partial charge >= 0.3 is 6.09 Å². The van der Waals surface area contributed by atoms with Gasteiger partial charge < -0.3 is 20.3 Å². The first-order valence-corrected chi connectivity index (χ1v) is 11.5. The van der Waals surface area contributed by atoms with Crippen molar-refractivity contribution in [1.82, 2.24) is 10.2 Å². The van der Waals surface area contributed by atoms with Crippen LogP contribution in [0, 0.1) is 27.7 Å². The molecule has 0 aromatic heterocycles. The standard InChI is InChI=1S/C27H37N3O4/c1-9-30(22(31)16-28-26(33)34-27(6,7)8)24(21-14-13-17(2)20(5)15-21)25(32)29-23-18(3)11-10-12-19(23)4/h10-15,24H,9,16H2,1-8H3,(H,28,33)(H,29,32). The summed E-state index contributed by atoms with van der Waals surface area (Å²) in [5.74, 6) is -0.693. The summed E-state index contributed by atoms with van der Waals surface area (Å²) in [7, 11) is 0. The Kier molecular flexibility index (Phi) is 8.85. The van der Waals surface area contributed by atoms with Crippen molar-refractivity contribution in [1.29, 1.82) is 0 Å².